The summed E-state index contributed by atoms with van der Waals surface area (Å²) in [5, 5.41) is 10.9. The average Bonchev–Trinajstić information content (AvgIpc) is 2.86. The third-order valence-corrected chi connectivity index (χ3v) is 6.31. The van der Waals surface area contributed by atoms with Crippen molar-refractivity contribution in [3.63, 3.8) is 0 Å². The Kier molecular flexibility index (Phi) is 12.8. The molecule has 0 bridgehead atoms. The molecule has 0 aliphatic rings. The Morgan fingerprint density at radius 3 is 1.89 bits per heavy atom. The fraction of sp³-hybridized carbons (Fsp3) is 0.571. The lowest BCUT2D eigenvalue weighted by Gasteiger charge is -2.12. The molecule has 0 unspecified atom stereocenters. The predicted molar refractivity (Wildman–Crippen MR) is 144 cm³/mol. The number of nitro groups is 1. The van der Waals surface area contributed by atoms with Crippen molar-refractivity contribution in [1.29, 1.82) is 0 Å². The molecule has 1 aromatic carbocycles. The Bertz CT molecular complexity index is 1050. The molecule has 192 valence electrons. The van der Waals surface area contributed by atoms with Crippen molar-refractivity contribution in [3.8, 4) is 0 Å². The SMILES string of the molecule is CCCCCCCCn1cc(/C=C/c2ccc([N+](=O)[O-])cc2)c(=O)n(CCCCCCCC)c1=O. The number of nitrogens with zero attached hydrogens (tertiary/aromatic N) is 3. The van der Waals surface area contributed by atoms with Crippen LogP contribution in [0, 0.1) is 10.1 Å². The van der Waals surface area contributed by atoms with Crippen LogP contribution in [0.25, 0.3) is 12.2 Å². The minimum absolute atomic E-state index is 0.0240. The maximum absolute atomic E-state index is 13.1. The number of rotatable bonds is 17. The van der Waals surface area contributed by atoms with Crippen LogP contribution >= 0.6 is 0 Å². The average molecular weight is 484 g/mol. The van der Waals surface area contributed by atoms with E-state index in [1.165, 1.54) is 55.2 Å². The van der Waals surface area contributed by atoms with Crippen molar-refractivity contribution >= 4 is 17.8 Å². The lowest BCUT2D eigenvalue weighted by molar-refractivity contribution is -0.384. The molecule has 0 radical (unpaired) electrons. The van der Waals surface area contributed by atoms with Gasteiger partial charge in [-0.05, 0) is 36.6 Å². The topological polar surface area (TPSA) is 87.1 Å². The van der Waals surface area contributed by atoms with E-state index in [0.717, 1.165) is 44.1 Å². The molecule has 0 fully saturated rings. The fourth-order valence-electron chi connectivity index (χ4n) is 4.15. The van der Waals surface area contributed by atoms with Gasteiger partial charge in [0.1, 0.15) is 0 Å². The van der Waals surface area contributed by atoms with Crippen LogP contribution in [0.15, 0.2) is 40.1 Å². The molecule has 0 amide bonds. The highest BCUT2D eigenvalue weighted by Gasteiger charge is 2.10. The minimum atomic E-state index is -0.438. The van der Waals surface area contributed by atoms with Crippen molar-refractivity contribution in [2.45, 2.75) is 104 Å². The van der Waals surface area contributed by atoms with Gasteiger partial charge < -0.3 is 0 Å². The number of hydrogen-bond donors (Lipinski definition) is 0. The number of nitro benzene ring substituents is 1. The van der Waals surface area contributed by atoms with Gasteiger partial charge in [-0.15, -0.1) is 0 Å². The van der Waals surface area contributed by atoms with Crippen molar-refractivity contribution in [2.24, 2.45) is 0 Å². The largest absolute Gasteiger partial charge is 0.330 e. The molecule has 2 rings (SSSR count). The Hall–Kier alpha value is -2.96. The molecule has 0 aliphatic carbocycles. The predicted octanol–water partition coefficient (Wildman–Crippen LogP) is 6.81. The van der Waals surface area contributed by atoms with Crippen LogP contribution in [0.5, 0.6) is 0 Å². The van der Waals surface area contributed by atoms with E-state index in [0.29, 0.717) is 18.7 Å². The first-order valence-electron chi connectivity index (χ1n) is 13.2. The summed E-state index contributed by atoms with van der Waals surface area (Å²) in [4.78, 5) is 36.7. The molecule has 1 heterocycles. The van der Waals surface area contributed by atoms with Gasteiger partial charge in [-0.25, -0.2) is 4.79 Å². The Morgan fingerprint density at radius 2 is 1.31 bits per heavy atom. The van der Waals surface area contributed by atoms with E-state index < -0.39 is 4.92 Å². The Labute approximate surface area is 208 Å². The smallest absolute Gasteiger partial charge is 0.300 e. The van der Waals surface area contributed by atoms with Crippen LogP contribution in [0.3, 0.4) is 0 Å². The Morgan fingerprint density at radius 1 is 0.771 bits per heavy atom. The van der Waals surface area contributed by atoms with Crippen LogP contribution in [0.4, 0.5) is 5.69 Å². The minimum Gasteiger partial charge on any atom is -0.300 e. The van der Waals surface area contributed by atoms with Crippen molar-refractivity contribution < 1.29 is 4.92 Å². The molecule has 0 N–H and O–H groups in total. The molecular weight excluding hydrogens is 442 g/mol. The zero-order valence-corrected chi connectivity index (χ0v) is 21.4. The number of non-ortho nitro benzene ring substituents is 1. The molecule has 0 saturated heterocycles. The van der Waals surface area contributed by atoms with Crippen molar-refractivity contribution in [3.05, 3.63) is 72.5 Å². The van der Waals surface area contributed by atoms with Gasteiger partial charge in [0, 0.05) is 31.4 Å². The van der Waals surface area contributed by atoms with Crippen molar-refractivity contribution in [2.75, 3.05) is 0 Å². The highest BCUT2D eigenvalue weighted by Crippen LogP contribution is 2.14. The summed E-state index contributed by atoms with van der Waals surface area (Å²) in [7, 11) is 0. The summed E-state index contributed by atoms with van der Waals surface area (Å²) < 4.78 is 3.06. The standard InChI is InChI=1S/C28H41N3O4/c1-3-5-7-9-11-13-21-29-23-25(18-15-24-16-19-26(20-17-24)31(34)35)27(32)30(28(29)33)22-14-12-10-8-6-4-2/h15-20,23H,3-14,21-22H2,1-2H3/b18-15+. The summed E-state index contributed by atoms with van der Waals surface area (Å²) in [6.45, 7) is 5.40. The molecule has 0 saturated carbocycles. The number of benzene rings is 1. The van der Waals surface area contributed by atoms with Crippen molar-refractivity contribution in [1.82, 2.24) is 9.13 Å². The maximum Gasteiger partial charge on any atom is 0.330 e. The Balaban J connectivity index is 2.19. The second-order valence-electron chi connectivity index (χ2n) is 9.23. The second-order valence-corrected chi connectivity index (χ2v) is 9.23. The first-order chi connectivity index (χ1) is 17.0. The first-order valence-corrected chi connectivity index (χ1v) is 13.2. The second kappa shape index (κ2) is 15.8. The fourth-order valence-corrected chi connectivity index (χ4v) is 4.15. The van der Waals surface area contributed by atoms with E-state index in [-0.39, 0.29) is 16.9 Å². The van der Waals surface area contributed by atoms with E-state index in [1.54, 1.807) is 35.0 Å². The van der Waals surface area contributed by atoms with Gasteiger partial charge in [0.2, 0.25) is 0 Å². The number of hydrogen-bond acceptors (Lipinski definition) is 4. The van der Waals surface area contributed by atoms with Crippen LogP contribution in [-0.2, 0) is 13.1 Å². The third-order valence-electron chi connectivity index (χ3n) is 6.31. The van der Waals surface area contributed by atoms with E-state index in [4.69, 9.17) is 0 Å². The molecule has 2 aromatic rings. The highest BCUT2D eigenvalue weighted by atomic mass is 16.6. The summed E-state index contributed by atoms with van der Waals surface area (Å²) in [5.41, 5.74) is 0.729. The van der Waals surface area contributed by atoms with Crippen LogP contribution in [-0.4, -0.2) is 14.1 Å². The van der Waals surface area contributed by atoms with Gasteiger partial charge in [-0.2, -0.15) is 0 Å². The van der Waals surface area contributed by atoms with Crippen LogP contribution < -0.4 is 11.2 Å². The molecule has 0 aliphatic heterocycles. The molecule has 35 heavy (non-hydrogen) atoms. The number of aryl methyl sites for hydroxylation is 1. The molecule has 0 spiro atoms. The van der Waals surface area contributed by atoms with E-state index in [2.05, 4.69) is 13.8 Å². The summed E-state index contributed by atoms with van der Waals surface area (Å²) >= 11 is 0. The van der Waals surface area contributed by atoms with Crippen LogP contribution in [0.1, 0.15) is 102 Å². The lowest BCUT2D eigenvalue weighted by atomic mass is 10.1. The van der Waals surface area contributed by atoms with Crippen LogP contribution in [0.2, 0.25) is 0 Å². The van der Waals surface area contributed by atoms with Gasteiger partial charge in [-0.3, -0.25) is 24.0 Å². The molecule has 7 nitrogen and oxygen atoms in total. The maximum atomic E-state index is 13.1. The number of unbranched alkanes of at least 4 members (excludes halogenated alkanes) is 10. The normalized spacial score (nSPS) is 11.4. The highest BCUT2D eigenvalue weighted by molar-refractivity contribution is 5.69. The summed E-state index contributed by atoms with van der Waals surface area (Å²) in [5.74, 6) is 0. The first kappa shape index (κ1) is 28.3. The lowest BCUT2D eigenvalue weighted by Crippen LogP contribution is -2.40. The van der Waals surface area contributed by atoms with Gasteiger partial charge >= 0.3 is 5.69 Å². The van der Waals surface area contributed by atoms with E-state index in [1.807, 2.05) is 0 Å². The number of aromatic nitrogens is 2. The van der Waals surface area contributed by atoms with Gasteiger partial charge in [0.25, 0.3) is 11.2 Å². The van der Waals surface area contributed by atoms with Gasteiger partial charge in [0.15, 0.2) is 0 Å². The molecular formula is C28H41N3O4. The molecule has 0 atom stereocenters. The van der Waals surface area contributed by atoms with Gasteiger partial charge in [-0.1, -0.05) is 84.1 Å². The van der Waals surface area contributed by atoms with E-state index >= 15 is 0 Å². The van der Waals surface area contributed by atoms with E-state index in [9.17, 15) is 19.7 Å². The summed E-state index contributed by atoms with van der Waals surface area (Å²) in [6, 6.07) is 6.18. The zero-order chi connectivity index (χ0) is 25.5. The molecule has 1 aromatic heterocycles. The molecule has 7 heteroatoms. The monoisotopic (exact) mass is 483 g/mol. The zero-order valence-electron chi connectivity index (χ0n) is 21.4. The summed E-state index contributed by atoms with van der Waals surface area (Å²) in [6.07, 6.45) is 18.4. The third kappa shape index (κ3) is 9.67. The van der Waals surface area contributed by atoms with Gasteiger partial charge in [0.05, 0.1) is 10.5 Å². The quantitative estimate of drug-likeness (QED) is 0.140.